The number of nitrogens with zero attached hydrogens (tertiary/aromatic N) is 3. The Kier molecular flexibility index (Phi) is 20.6. The lowest BCUT2D eigenvalue weighted by atomic mass is 10.00. The van der Waals surface area contributed by atoms with Crippen LogP contribution in [0.2, 0.25) is 0 Å². The summed E-state index contributed by atoms with van der Waals surface area (Å²) in [4.78, 5) is 20.2. The van der Waals surface area contributed by atoms with Crippen LogP contribution in [0.25, 0.3) is 0 Å². The standard InChI is InChI=1S/C36H65N3O2/c1-3-4-5-6-7-8-9-10-11-12-13-14-15-16-17-22-30-38(31-24-29-37(2)34-25-19-18-20-26-34)36(41)39-32-23-21-27-35(39)28-33-40/h18-20,25-26,35,40H,3-17,21-24,27-33H2,1-2H3. The van der Waals surface area contributed by atoms with Gasteiger partial charge in [-0.05, 0) is 50.7 Å². The molecule has 1 saturated heterocycles. The monoisotopic (exact) mass is 572 g/mol. The minimum absolute atomic E-state index is 0.162. The van der Waals surface area contributed by atoms with E-state index in [0.717, 1.165) is 58.3 Å². The Morgan fingerprint density at radius 3 is 1.85 bits per heavy atom. The van der Waals surface area contributed by atoms with Crippen molar-refractivity contribution in [2.75, 3.05) is 44.7 Å². The van der Waals surface area contributed by atoms with Crippen LogP contribution in [0.4, 0.5) is 10.5 Å². The minimum atomic E-state index is 0.162. The van der Waals surface area contributed by atoms with Crippen LogP contribution < -0.4 is 4.90 Å². The fourth-order valence-electron chi connectivity index (χ4n) is 6.35. The topological polar surface area (TPSA) is 47.0 Å². The van der Waals surface area contributed by atoms with Crippen molar-refractivity contribution >= 4 is 11.7 Å². The number of carbonyl (C=O) groups excluding carboxylic acids is 1. The van der Waals surface area contributed by atoms with Gasteiger partial charge in [0.15, 0.2) is 0 Å². The van der Waals surface area contributed by atoms with Gasteiger partial charge >= 0.3 is 6.03 Å². The van der Waals surface area contributed by atoms with Gasteiger partial charge in [0, 0.05) is 51.6 Å². The van der Waals surface area contributed by atoms with Crippen LogP contribution in [-0.4, -0.2) is 66.8 Å². The van der Waals surface area contributed by atoms with Crippen LogP contribution >= 0.6 is 0 Å². The van der Waals surface area contributed by atoms with Crippen molar-refractivity contribution in [3.63, 3.8) is 0 Å². The van der Waals surface area contributed by atoms with Crippen molar-refractivity contribution in [2.45, 2.75) is 148 Å². The highest BCUT2D eigenvalue weighted by molar-refractivity contribution is 5.75. The van der Waals surface area contributed by atoms with E-state index in [9.17, 15) is 9.90 Å². The summed E-state index contributed by atoms with van der Waals surface area (Å²) in [7, 11) is 2.14. The second-order valence-electron chi connectivity index (χ2n) is 12.5. The Morgan fingerprint density at radius 1 is 0.756 bits per heavy atom. The molecule has 0 saturated carbocycles. The first-order valence-corrected chi connectivity index (χ1v) is 17.6. The van der Waals surface area contributed by atoms with E-state index in [-0.39, 0.29) is 18.7 Å². The van der Waals surface area contributed by atoms with Crippen molar-refractivity contribution in [2.24, 2.45) is 0 Å². The summed E-state index contributed by atoms with van der Waals surface area (Å²) in [6.07, 6.45) is 26.8. The number of benzene rings is 1. The molecule has 1 aliphatic heterocycles. The number of urea groups is 1. The molecular formula is C36H65N3O2. The van der Waals surface area contributed by atoms with Gasteiger partial charge in [0.2, 0.25) is 0 Å². The highest BCUT2D eigenvalue weighted by Crippen LogP contribution is 2.22. The number of unbranched alkanes of at least 4 members (excludes halogenated alkanes) is 15. The Hall–Kier alpha value is -1.75. The maximum absolute atomic E-state index is 13.7. The summed E-state index contributed by atoms with van der Waals surface area (Å²) >= 11 is 0. The molecular weight excluding hydrogens is 506 g/mol. The van der Waals surface area contributed by atoms with Gasteiger partial charge in [-0.15, -0.1) is 0 Å². The van der Waals surface area contributed by atoms with Crippen molar-refractivity contribution in [1.82, 2.24) is 9.80 Å². The van der Waals surface area contributed by atoms with Gasteiger partial charge in [-0.2, -0.15) is 0 Å². The Balaban J connectivity index is 1.64. The van der Waals surface area contributed by atoms with Gasteiger partial charge < -0.3 is 19.8 Å². The van der Waals surface area contributed by atoms with Crippen LogP contribution in [0.5, 0.6) is 0 Å². The summed E-state index contributed by atoms with van der Waals surface area (Å²) in [6, 6.07) is 10.9. The molecule has 236 valence electrons. The number of aliphatic hydroxyl groups is 1. The molecule has 1 atom stereocenters. The zero-order valence-electron chi connectivity index (χ0n) is 27.0. The van der Waals surface area contributed by atoms with Gasteiger partial charge in [0.25, 0.3) is 0 Å². The normalized spacial score (nSPS) is 15.3. The van der Waals surface area contributed by atoms with Gasteiger partial charge in [-0.3, -0.25) is 0 Å². The van der Waals surface area contributed by atoms with Crippen molar-refractivity contribution < 1.29 is 9.90 Å². The van der Waals surface area contributed by atoms with E-state index in [2.05, 4.69) is 59.0 Å². The average molecular weight is 572 g/mol. The van der Waals surface area contributed by atoms with Gasteiger partial charge in [0.1, 0.15) is 0 Å². The lowest BCUT2D eigenvalue weighted by molar-refractivity contribution is 0.102. The highest BCUT2D eigenvalue weighted by atomic mass is 16.3. The van der Waals surface area contributed by atoms with Crippen LogP contribution in [0.1, 0.15) is 142 Å². The number of para-hydroxylation sites is 1. The SMILES string of the molecule is CCCCCCCCCCCCCCCCCCN(CCCN(C)c1ccccc1)C(=O)N1CCCCC1CCO. The lowest BCUT2D eigenvalue weighted by Crippen LogP contribution is -2.51. The summed E-state index contributed by atoms with van der Waals surface area (Å²) in [5, 5.41) is 9.57. The Bertz CT molecular complexity index is 742. The first-order valence-electron chi connectivity index (χ1n) is 17.6. The molecule has 1 fully saturated rings. The molecule has 1 aromatic rings. The summed E-state index contributed by atoms with van der Waals surface area (Å²) in [6.45, 7) is 5.88. The maximum atomic E-state index is 13.7. The molecule has 0 aliphatic carbocycles. The van der Waals surface area contributed by atoms with Crippen molar-refractivity contribution in [1.29, 1.82) is 0 Å². The first-order chi connectivity index (χ1) is 20.2. The fourth-order valence-corrected chi connectivity index (χ4v) is 6.35. The van der Waals surface area contributed by atoms with Crippen molar-refractivity contribution in [3.05, 3.63) is 30.3 Å². The zero-order valence-corrected chi connectivity index (χ0v) is 27.0. The van der Waals surface area contributed by atoms with Gasteiger partial charge in [-0.1, -0.05) is 121 Å². The molecule has 5 heteroatoms. The number of aliphatic hydroxyl groups excluding tert-OH is 1. The van der Waals surface area contributed by atoms with Crippen LogP contribution in [-0.2, 0) is 0 Å². The second-order valence-corrected chi connectivity index (χ2v) is 12.5. The van der Waals surface area contributed by atoms with E-state index < -0.39 is 0 Å². The fraction of sp³-hybridized carbons (Fsp3) is 0.806. The molecule has 0 bridgehead atoms. The molecule has 1 heterocycles. The molecule has 2 amide bonds. The summed E-state index contributed by atoms with van der Waals surface area (Å²) in [5.74, 6) is 0. The molecule has 41 heavy (non-hydrogen) atoms. The van der Waals surface area contributed by atoms with Crippen LogP contribution in [0.15, 0.2) is 30.3 Å². The van der Waals surface area contributed by atoms with E-state index in [1.807, 2.05) is 0 Å². The second kappa shape index (κ2) is 23.8. The van der Waals surface area contributed by atoms with Gasteiger partial charge in [0.05, 0.1) is 0 Å². The van der Waals surface area contributed by atoms with Gasteiger partial charge in [-0.25, -0.2) is 4.79 Å². The van der Waals surface area contributed by atoms with E-state index in [0.29, 0.717) is 6.42 Å². The lowest BCUT2D eigenvalue weighted by Gasteiger charge is -2.39. The van der Waals surface area contributed by atoms with Crippen LogP contribution in [0, 0.1) is 0 Å². The van der Waals surface area contributed by atoms with E-state index >= 15 is 0 Å². The predicted octanol–water partition coefficient (Wildman–Crippen LogP) is 9.43. The molecule has 1 aliphatic rings. The predicted molar refractivity (Wildman–Crippen MR) is 177 cm³/mol. The quantitative estimate of drug-likeness (QED) is 0.126. The average Bonchev–Trinajstić information content (AvgIpc) is 3.00. The number of hydrogen-bond acceptors (Lipinski definition) is 3. The molecule has 1 N–H and O–H groups in total. The largest absolute Gasteiger partial charge is 0.396 e. The third-order valence-electron chi connectivity index (χ3n) is 9.01. The molecule has 5 nitrogen and oxygen atoms in total. The Morgan fingerprint density at radius 2 is 1.29 bits per heavy atom. The zero-order chi connectivity index (χ0) is 29.4. The third-order valence-corrected chi connectivity index (χ3v) is 9.01. The smallest absolute Gasteiger partial charge is 0.320 e. The number of likely N-dealkylation sites (tertiary alicyclic amines) is 1. The number of rotatable bonds is 24. The van der Waals surface area contributed by atoms with E-state index in [1.165, 1.54) is 102 Å². The number of anilines is 1. The maximum Gasteiger partial charge on any atom is 0.320 e. The number of amides is 2. The van der Waals surface area contributed by atoms with Crippen molar-refractivity contribution in [3.8, 4) is 0 Å². The minimum Gasteiger partial charge on any atom is -0.396 e. The molecule has 0 aromatic heterocycles. The Labute approximate surface area is 254 Å². The highest BCUT2D eigenvalue weighted by Gasteiger charge is 2.29. The van der Waals surface area contributed by atoms with E-state index in [1.54, 1.807) is 0 Å². The molecule has 0 spiro atoms. The van der Waals surface area contributed by atoms with Crippen LogP contribution in [0.3, 0.4) is 0 Å². The van der Waals surface area contributed by atoms with E-state index in [4.69, 9.17) is 0 Å². The first kappa shape index (κ1) is 35.4. The number of piperidine rings is 1. The molecule has 2 rings (SSSR count). The summed E-state index contributed by atoms with van der Waals surface area (Å²) < 4.78 is 0. The molecule has 1 aromatic carbocycles. The molecule has 1 unspecified atom stereocenters. The summed E-state index contributed by atoms with van der Waals surface area (Å²) in [5.41, 5.74) is 1.22. The molecule has 0 radical (unpaired) electrons. The number of hydrogen-bond donors (Lipinski definition) is 1. The number of carbonyl (C=O) groups is 1. The third kappa shape index (κ3) is 15.9.